The lowest BCUT2D eigenvalue weighted by atomic mass is 9.75. The van der Waals surface area contributed by atoms with Crippen LogP contribution in [-0.4, -0.2) is 28.6 Å². The minimum Gasteiger partial charge on any atom is -0.508 e. The van der Waals surface area contributed by atoms with E-state index >= 15 is 0 Å². The topological polar surface area (TPSA) is 23.5 Å². The molecule has 0 bridgehead atoms. The lowest BCUT2D eigenvalue weighted by Crippen LogP contribution is -2.53. The fraction of sp³-hybridized carbons (Fsp3) is 0.667. The summed E-state index contributed by atoms with van der Waals surface area (Å²) in [6.45, 7) is 2.58. The lowest BCUT2D eigenvalue weighted by Gasteiger charge is -2.48. The van der Waals surface area contributed by atoms with Gasteiger partial charge in [0, 0.05) is 5.54 Å². The highest BCUT2D eigenvalue weighted by molar-refractivity contribution is 5.85. The van der Waals surface area contributed by atoms with Crippen LogP contribution in [0.1, 0.15) is 56.9 Å². The number of rotatable bonds is 3. The number of benzene rings is 1. The molecule has 0 amide bonds. The normalized spacial score (nSPS) is 22.5. The quantitative estimate of drug-likeness (QED) is 0.885. The lowest BCUT2D eigenvalue weighted by molar-refractivity contribution is 0.0335. The van der Waals surface area contributed by atoms with Gasteiger partial charge in [0.15, 0.2) is 0 Å². The first kappa shape index (κ1) is 16.6. The zero-order valence-corrected chi connectivity index (χ0v) is 13.7. The Bertz CT molecular complexity index is 419. The number of nitrogens with zero attached hydrogens (tertiary/aromatic N) is 1. The maximum atomic E-state index is 9.47. The zero-order valence-electron chi connectivity index (χ0n) is 12.9. The molecule has 0 atom stereocenters. The van der Waals surface area contributed by atoms with E-state index in [0.29, 0.717) is 11.3 Å². The van der Waals surface area contributed by atoms with E-state index in [-0.39, 0.29) is 12.4 Å². The van der Waals surface area contributed by atoms with Crippen molar-refractivity contribution in [3.63, 3.8) is 0 Å². The minimum atomic E-state index is 0. The molecule has 1 aliphatic heterocycles. The van der Waals surface area contributed by atoms with Crippen molar-refractivity contribution in [3.8, 4) is 5.75 Å². The molecular formula is C18H28ClNO. The van der Waals surface area contributed by atoms with E-state index < -0.39 is 0 Å². The first-order valence-corrected chi connectivity index (χ1v) is 8.32. The van der Waals surface area contributed by atoms with Gasteiger partial charge in [0.2, 0.25) is 0 Å². The second-order valence-electron chi connectivity index (χ2n) is 6.68. The molecule has 0 radical (unpaired) electrons. The van der Waals surface area contributed by atoms with E-state index in [1.54, 1.807) is 0 Å². The summed E-state index contributed by atoms with van der Waals surface area (Å²) >= 11 is 0. The van der Waals surface area contributed by atoms with E-state index in [0.717, 1.165) is 6.42 Å². The maximum absolute atomic E-state index is 9.47. The molecule has 3 rings (SSSR count). The van der Waals surface area contributed by atoms with Gasteiger partial charge in [-0.2, -0.15) is 0 Å². The van der Waals surface area contributed by atoms with Gasteiger partial charge in [-0.1, -0.05) is 37.8 Å². The minimum absolute atomic E-state index is 0. The van der Waals surface area contributed by atoms with Crippen molar-refractivity contribution < 1.29 is 5.11 Å². The van der Waals surface area contributed by atoms with E-state index in [1.165, 1.54) is 70.0 Å². The van der Waals surface area contributed by atoms with Crippen LogP contribution in [0.15, 0.2) is 24.3 Å². The van der Waals surface area contributed by atoms with Crippen molar-refractivity contribution >= 4 is 12.4 Å². The van der Waals surface area contributed by atoms with Gasteiger partial charge in [0.1, 0.15) is 5.75 Å². The third-order valence-corrected chi connectivity index (χ3v) is 5.28. The molecule has 1 heterocycles. The van der Waals surface area contributed by atoms with Gasteiger partial charge in [-0.05, 0) is 62.9 Å². The predicted molar refractivity (Wildman–Crippen MR) is 90.3 cm³/mol. The Hall–Kier alpha value is -0.730. The van der Waals surface area contributed by atoms with Crippen LogP contribution >= 0.6 is 12.4 Å². The highest BCUT2D eigenvalue weighted by atomic mass is 35.5. The van der Waals surface area contributed by atoms with E-state index in [2.05, 4.69) is 17.0 Å². The molecule has 0 unspecified atom stereocenters. The van der Waals surface area contributed by atoms with Crippen LogP contribution < -0.4 is 0 Å². The molecule has 0 aromatic heterocycles. The van der Waals surface area contributed by atoms with Crippen LogP contribution in [0.3, 0.4) is 0 Å². The van der Waals surface area contributed by atoms with Gasteiger partial charge in [-0.25, -0.2) is 0 Å². The summed E-state index contributed by atoms with van der Waals surface area (Å²) < 4.78 is 0. The standard InChI is InChI=1S/C18H27NO.ClH/c20-17-9-7-16(8-10-17)15-18(11-3-1-4-12-18)19-13-5-2-6-14-19;/h7-10,20H,1-6,11-15H2;1H. The highest BCUT2D eigenvalue weighted by Crippen LogP contribution is 2.38. The predicted octanol–water partition coefficient (Wildman–Crippen LogP) is 4.55. The Kier molecular flexibility index (Phi) is 5.95. The summed E-state index contributed by atoms with van der Waals surface area (Å²) in [4.78, 5) is 2.79. The number of likely N-dealkylation sites (tertiary alicyclic amines) is 1. The number of phenolic OH excluding ortho intramolecular Hbond substituents is 1. The van der Waals surface area contributed by atoms with E-state index in [9.17, 15) is 5.11 Å². The number of aromatic hydroxyl groups is 1. The summed E-state index contributed by atoms with van der Waals surface area (Å²) in [6.07, 6.45) is 12.2. The summed E-state index contributed by atoms with van der Waals surface area (Å²) in [6, 6.07) is 7.88. The van der Waals surface area contributed by atoms with Crippen molar-refractivity contribution in [2.24, 2.45) is 0 Å². The van der Waals surface area contributed by atoms with Crippen molar-refractivity contribution in [3.05, 3.63) is 29.8 Å². The molecule has 21 heavy (non-hydrogen) atoms. The fourth-order valence-corrected chi connectivity index (χ4v) is 4.18. The van der Waals surface area contributed by atoms with Crippen LogP contribution in [0, 0.1) is 0 Å². The number of hydrogen-bond acceptors (Lipinski definition) is 2. The molecule has 3 heteroatoms. The Morgan fingerprint density at radius 1 is 0.857 bits per heavy atom. The molecule has 2 aliphatic rings. The number of hydrogen-bond donors (Lipinski definition) is 1. The average Bonchev–Trinajstić information content (AvgIpc) is 2.52. The molecule has 2 fully saturated rings. The highest BCUT2D eigenvalue weighted by Gasteiger charge is 2.38. The first-order chi connectivity index (χ1) is 9.78. The number of phenols is 1. The molecular weight excluding hydrogens is 282 g/mol. The average molecular weight is 310 g/mol. The Balaban J connectivity index is 0.00000161. The van der Waals surface area contributed by atoms with Crippen LogP contribution in [0.25, 0.3) is 0 Å². The van der Waals surface area contributed by atoms with Gasteiger partial charge in [0.25, 0.3) is 0 Å². The first-order valence-electron chi connectivity index (χ1n) is 8.32. The van der Waals surface area contributed by atoms with Crippen molar-refractivity contribution in [1.29, 1.82) is 0 Å². The van der Waals surface area contributed by atoms with Gasteiger partial charge < -0.3 is 5.11 Å². The monoisotopic (exact) mass is 309 g/mol. The van der Waals surface area contributed by atoms with Crippen molar-refractivity contribution in [2.45, 2.75) is 63.3 Å². The van der Waals surface area contributed by atoms with Gasteiger partial charge in [-0.3, -0.25) is 4.90 Å². The molecule has 1 aromatic rings. The molecule has 1 N–H and O–H groups in total. The molecule has 1 aromatic carbocycles. The van der Waals surface area contributed by atoms with Gasteiger partial charge in [-0.15, -0.1) is 12.4 Å². The zero-order chi connectivity index (χ0) is 13.8. The molecule has 1 saturated heterocycles. The Labute approximate surface area is 135 Å². The molecule has 2 nitrogen and oxygen atoms in total. The van der Waals surface area contributed by atoms with E-state index in [1.807, 2.05) is 12.1 Å². The summed E-state index contributed by atoms with van der Waals surface area (Å²) in [5, 5.41) is 9.47. The summed E-state index contributed by atoms with van der Waals surface area (Å²) in [7, 11) is 0. The fourth-order valence-electron chi connectivity index (χ4n) is 4.18. The van der Waals surface area contributed by atoms with Crippen molar-refractivity contribution in [2.75, 3.05) is 13.1 Å². The van der Waals surface area contributed by atoms with Crippen LogP contribution in [0.4, 0.5) is 0 Å². The number of halogens is 1. The molecule has 0 spiro atoms. The summed E-state index contributed by atoms with van der Waals surface area (Å²) in [5.74, 6) is 0.379. The smallest absolute Gasteiger partial charge is 0.115 e. The van der Waals surface area contributed by atoms with Gasteiger partial charge >= 0.3 is 0 Å². The summed E-state index contributed by atoms with van der Waals surface area (Å²) in [5.41, 5.74) is 1.78. The van der Waals surface area contributed by atoms with E-state index in [4.69, 9.17) is 0 Å². The maximum Gasteiger partial charge on any atom is 0.115 e. The second-order valence-corrected chi connectivity index (χ2v) is 6.68. The third-order valence-electron chi connectivity index (χ3n) is 5.28. The van der Waals surface area contributed by atoms with Crippen LogP contribution in [-0.2, 0) is 6.42 Å². The van der Waals surface area contributed by atoms with Gasteiger partial charge in [0.05, 0.1) is 0 Å². The van der Waals surface area contributed by atoms with Crippen molar-refractivity contribution in [1.82, 2.24) is 4.90 Å². The third kappa shape index (κ3) is 3.92. The molecule has 1 saturated carbocycles. The SMILES string of the molecule is Cl.Oc1ccc(CC2(N3CCCCC3)CCCCC2)cc1. The molecule has 1 aliphatic carbocycles. The largest absolute Gasteiger partial charge is 0.508 e. The van der Waals surface area contributed by atoms with Crippen LogP contribution in [0.5, 0.6) is 5.75 Å². The Morgan fingerprint density at radius 2 is 1.43 bits per heavy atom. The molecule has 118 valence electrons. The Morgan fingerprint density at radius 3 is 2.05 bits per heavy atom. The number of piperidine rings is 1. The van der Waals surface area contributed by atoms with Crippen LogP contribution in [0.2, 0.25) is 0 Å². The second kappa shape index (κ2) is 7.51.